The number of phenolic OH excluding ortho intramolecular Hbond substituents is 2. The van der Waals surface area contributed by atoms with Crippen molar-refractivity contribution in [2.24, 2.45) is 5.92 Å². The SMILES string of the molecule is CC1CC1.COC(=O)c1cc(C2CC2)cc(C2CC2)c1.COC(=O)c1cc(O)cc(O)c1.COC(=O)c1cc(OS(=O)(=O)C(F)(F)F)cc(OS(=O)(=O)C(F)(F)F)c1.O.O=C(O)c1cc(C2CC2)cc(C2CC2)c1.[Li+].[OH-]. The van der Waals surface area contributed by atoms with Gasteiger partial charge in [-0.2, -0.15) is 43.2 Å². The van der Waals surface area contributed by atoms with Gasteiger partial charge in [0.2, 0.25) is 0 Å². The number of carbonyl (C=O) groups excluding carboxylic acids is 3. The largest absolute Gasteiger partial charge is 1.00 e. The first-order valence-corrected chi connectivity index (χ1v) is 25.3. The number of esters is 3. The molecule has 76 heavy (non-hydrogen) atoms. The average Bonchev–Trinajstić information content (AvgIpc) is 4.10. The summed E-state index contributed by atoms with van der Waals surface area (Å²) in [5.74, 6) is -2.24. The first-order valence-electron chi connectivity index (χ1n) is 22.5. The van der Waals surface area contributed by atoms with Crippen LogP contribution in [0.15, 0.2) is 72.8 Å². The number of carboxylic acid groups (broad SMARTS) is 1. The summed E-state index contributed by atoms with van der Waals surface area (Å²) in [5, 5.41) is 27.0. The molecule has 0 atom stereocenters. The number of aromatic carboxylic acids is 1. The van der Waals surface area contributed by atoms with Gasteiger partial charge in [0.25, 0.3) is 0 Å². The molecule has 0 bridgehead atoms. The third kappa shape index (κ3) is 20.2. The zero-order chi connectivity index (χ0) is 54.2. The molecule has 9 rings (SSSR count). The van der Waals surface area contributed by atoms with Crippen LogP contribution in [0, 0.1) is 5.92 Å². The standard InChI is InChI=1S/C14H16O2.C13H14O2.C10H6F6O8S2.C8H8O4.C4H8.Li.2H2O/c1-16-14(15)13-7-11(9-2-3-9)6-12(8-13)10-4-5-10;14-13(15)12-6-10(8-1-2-8)5-11(7-12)9-3-4-9;1-22-8(17)5-2-6(23-25(18,19)9(11,12)13)4-7(3-5)24-26(20,21)10(14,15)16;1-12-8(11)5-2-6(9)4-7(10)3-5;1-4-2-3-4;;;/h6-10H,2-5H2,1H3;5-9H,1-4H2,(H,14,15);2-4H,1H3;2-4,9-10H,1H3;4H,2-3H2,1H3;;2*1H2/q;;;;;+1;;/p-1. The number of carbonyl (C=O) groups is 4. The molecule has 0 saturated heterocycles. The number of hydrogen-bond donors (Lipinski definition) is 3. The summed E-state index contributed by atoms with van der Waals surface area (Å²) < 4.78 is 138. The molecule has 0 amide bonds. The molecule has 27 heteroatoms. The fraction of sp³-hybridized carbons (Fsp3) is 0.429. The number of aromatic hydroxyl groups is 2. The molecule has 0 aliphatic heterocycles. The summed E-state index contributed by atoms with van der Waals surface area (Å²) >= 11 is 0. The molecule has 4 aromatic carbocycles. The van der Waals surface area contributed by atoms with Gasteiger partial charge in [0.05, 0.1) is 43.6 Å². The number of ether oxygens (including phenoxy) is 3. The Labute approximate surface area is 445 Å². The Balaban J connectivity index is 0.000000344. The molecule has 5 saturated carbocycles. The van der Waals surface area contributed by atoms with Gasteiger partial charge in [-0.15, -0.1) is 0 Å². The normalized spacial score (nSPS) is 15.5. The van der Waals surface area contributed by atoms with Crippen LogP contribution in [-0.4, -0.2) is 99.3 Å². The quantitative estimate of drug-likeness (QED) is 0.0336. The van der Waals surface area contributed by atoms with Crippen LogP contribution >= 0.6 is 0 Å². The van der Waals surface area contributed by atoms with Gasteiger partial charge in [-0.1, -0.05) is 31.9 Å². The minimum absolute atomic E-state index is 0. The van der Waals surface area contributed by atoms with Crippen molar-refractivity contribution in [2.45, 2.75) is 106 Å². The molecule has 0 radical (unpaired) electrons. The molecule has 0 aromatic heterocycles. The van der Waals surface area contributed by atoms with Gasteiger partial charge in [-0.25, -0.2) is 19.2 Å². The summed E-state index contributed by atoms with van der Waals surface area (Å²) in [5.41, 5.74) is -6.18. The van der Waals surface area contributed by atoms with E-state index in [1.807, 2.05) is 24.3 Å². The minimum Gasteiger partial charge on any atom is -0.870 e. The smallest absolute Gasteiger partial charge is 0.870 e. The van der Waals surface area contributed by atoms with Crippen molar-refractivity contribution < 1.29 is 130 Å². The van der Waals surface area contributed by atoms with E-state index < -0.39 is 66.2 Å². The van der Waals surface area contributed by atoms with Crippen LogP contribution < -0.4 is 27.2 Å². The summed E-state index contributed by atoms with van der Waals surface area (Å²) in [7, 11) is -9.09. The Morgan fingerprint density at radius 1 is 0.474 bits per heavy atom. The van der Waals surface area contributed by atoms with Crippen LogP contribution in [0.25, 0.3) is 0 Å². The van der Waals surface area contributed by atoms with Gasteiger partial charge < -0.3 is 48.8 Å². The Morgan fingerprint density at radius 2 is 0.737 bits per heavy atom. The van der Waals surface area contributed by atoms with Crippen LogP contribution in [0.4, 0.5) is 26.3 Å². The first kappa shape index (κ1) is 66.1. The summed E-state index contributed by atoms with van der Waals surface area (Å²) in [4.78, 5) is 44.8. The van der Waals surface area contributed by atoms with Gasteiger partial charge in [0, 0.05) is 12.1 Å². The molecule has 414 valence electrons. The van der Waals surface area contributed by atoms with E-state index in [9.17, 15) is 62.4 Å². The van der Waals surface area contributed by atoms with Crippen LogP contribution in [0.2, 0.25) is 0 Å². The fourth-order valence-corrected chi connectivity index (χ4v) is 7.46. The number of benzene rings is 4. The molecule has 4 aromatic rings. The molecule has 5 aliphatic rings. The number of hydrogen-bond acceptors (Lipinski definition) is 16. The van der Waals surface area contributed by atoms with Gasteiger partial charge in [-0.3, -0.25) is 0 Å². The van der Waals surface area contributed by atoms with Crippen molar-refractivity contribution in [2.75, 3.05) is 21.3 Å². The van der Waals surface area contributed by atoms with Crippen molar-refractivity contribution in [3.05, 3.63) is 117 Å². The van der Waals surface area contributed by atoms with Gasteiger partial charge in [-0.05, 0) is 152 Å². The van der Waals surface area contributed by atoms with Crippen molar-refractivity contribution in [1.82, 2.24) is 0 Å². The molecule has 6 N–H and O–H groups in total. The zero-order valence-electron chi connectivity index (χ0n) is 41.6. The van der Waals surface area contributed by atoms with Crippen LogP contribution in [-0.2, 0) is 34.4 Å². The molecular weight excluding hydrogens is 1060 g/mol. The zero-order valence-corrected chi connectivity index (χ0v) is 43.2. The van der Waals surface area contributed by atoms with Crippen LogP contribution in [0.3, 0.4) is 0 Å². The third-order valence-corrected chi connectivity index (χ3v) is 13.2. The number of rotatable bonds is 12. The Kier molecular flexibility index (Phi) is 23.8. The second-order valence-corrected chi connectivity index (χ2v) is 20.8. The van der Waals surface area contributed by atoms with Crippen LogP contribution in [0.1, 0.15) is 158 Å². The monoisotopic (exact) mass is 1120 g/mol. The minimum atomic E-state index is -6.27. The molecule has 5 aliphatic carbocycles. The Hall–Kier alpha value is -6.04. The van der Waals surface area contributed by atoms with Crippen molar-refractivity contribution >= 4 is 44.1 Å². The predicted octanol–water partition coefficient (Wildman–Crippen LogP) is 6.60. The van der Waals surface area contributed by atoms with Crippen molar-refractivity contribution in [3.8, 4) is 23.0 Å². The van der Waals surface area contributed by atoms with E-state index in [1.54, 1.807) is 0 Å². The maximum Gasteiger partial charge on any atom is 1.00 e. The number of halogens is 6. The molecule has 0 spiro atoms. The maximum atomic E-state index is 12.3. The van der Waals surface area contributed by atoms with E-state index in [4.69, 9.17) is 20.1 Å². The summed E-state index contributed by atoms with van der Waals surface area (Å²) in [6, 6.07) is 16.6. The molecule has 18 nitrogen and oxygen atoms in total. The second kappa shape index (κ2) is 27.3. The maximum absolute atomic E-state index is 12.3. The van der Waals surface area contributed by atoms with Gasteiger partial charge >= 0.3 is 74.0 Å². The topological polar surface area (TPSA) is 305 Å². The number of methoxy groups -OCH3 is 3. The molecular formula is C49H55F6LiO18S2. The molecule has 0 unspecified atom stereocenters. The second-order valence-electron chi connectivity index (χ2n) is 17.7. The van der Waals surface area contributed by atoms with E-state index in [0.29, 0.717) is 41.4 Å². The Bertz CT molecular complexity index is 2750. The average molecular weight is 1120 g/mol. The Morgan fingerprint density at radius 3 is 0.974 bits per heavy atom. The fourth-order valence-electron chi connectivity index (χ4n) is 6.57. The van der Waals surface area contributed by atoms with Crippen LogP contribution in [0.5, 0.6) is 23.0 Å². The van der Waals surface area contributed by atoms with Crippen molar-refractivity contribution in [3.63, 3.8) is 0 Å². The first-order chi connectivity index (χ1) is 34.0. The number of carboxylic acids is 1. The summed E-state index contributed by atoms with van der Waals surface area (Å²) in [6.45, 7) is 2.28. The van der Waals surface area contributed by atoms with Crippen molar-refractivity contribution in [1.29, 1.82) is 0 Å². The van der Waals surface area contributed by atoms with E-state index in [-0.39, 0.29) is 58.9 Å². The molecule has 5 fully saturated rings. The van der Waals surface area contributed by atoms with Gasteiger partial charge in [0.15, 0.2) is 0 Å². The number of alkyl halides is 6. The molecule has 0 heterocycles. The van der Waals surface area contributed by atoms with Gasteiger partial charge in [0.1, 0.15) is 23.0 Å². The van der Waals surface area contributed by atoms with E-state index >= 15 is 0 Å². The van der Waals surface area contributed by atoms with E-state index in [1.165, 1.54) is 113 Å². The third-order valence-electron chi connectivity index (χ3n) is 11.3. The predicted molar refractivity (Wildman–Crippen MR) is 253 cm³/mol. The van der Waals surface area contributed by atoms with E-state index in [2.05, 4.69) is 36.9 Å². The summed E-state index contributed by atoms with van der Waals surface area (Å²) in [6.07, 6.45) is 13.0. The van der Waals surface area contributed by atoms with E-state index in [0.717, 1.165) is 24.7 Å². The number of phenols is 2.